The number of anilines is 1. The molecule has 1 aliphatic heterocycles. The fourth-order valence-corrected chi connectivity index (χ4v) is 2.14. The van der Waals surface area contributed by atoms with E-state index < -0.39 is 0 Å². The second-order valence-corrected chi connectivity index (χ2v) is 3.87. The van der Waals surface area contributed by atoms with Gasteiger partial charge in [0, 0.05) is 18.5 Å². The highest BCUT2D eigenvalue weighted by Gasteiger charge is 2.26. The first-order valence-electron chi connectivity index (χ1n) is 4.17. The highest BCUT2D eigenvalue weighted by atomic mass is 32.1. The summed E-state index contributed by atoms with van der Waals surface area (Å²) in [7, 11) is 0. The second-order valence-electron chi connectivity index (χ2n) is 3.03. The van der Waals surface area contributed by atoms with Crippen molar-refractivity contribution in [2.45, 2.75) is 19.4 Å². The Morgan fingerprint density at radius 2 is 2.50 bits per heavy atom. The van der Waals surface area contributed by atoms with Crippen molar-refractivity contribution in [3.63, 3.8) is 0 Å². The number of rotatable bonds is 2. The molecule has 1 aromatic heterocycles. The Morgan fingerprint density at radius 1 is 1.75 bits per heavy atom. The Kier molecular flexibility index (Phi) is 2.02. The average molecular weight is 184 g/mol. The van der Waals surface area contributed by atoms with Crippen LogP contribution in [0.5, 0.6) is 0 Å². The van der Waals surface area contributed by atoms with Crippen molar-refractivity contribution < 1.29 is 5.11 Å². The van der Waals surface area contributed by atoms with Gasteiger partial charge in [0.2, 0.25) is 0 Å². The quantitative estimate of drug-likeness (QED) is 0.741. The van der Waals surface area contributed by atoms with Crippen molar-refractivity contribution in [2.24, 2.45) is 0 Å². The van der Waals surface area contributed by atoms with Crippen LogP contribution in [-0.2, 0) is 6.42 Å². The summed E-state index contributed by atoms with van der Waals surface area (Å²) in [4.78, 5) is 6.52. The summed E-state index contributed by atoms with van der Waals surface area (Å²) in [5.74, 6) is 0. The van der Waals surface area contributed by atoms with E-state index in [1.54, 1.807) is 11.3 Å². The maximum Gasteiger partial charge on any atom is 0.185 e. The van der Waals surface area contributed by atoms with Crippen molar-refractivity contribution in [1.29, 1.82) is 0 Å². The van der Waals surface area contributed by atoms with Crippen LogP contribution in [0, 0.1) is 0 Å². The van der Waals surface area contributed by atoms with Gasteiger partial charge >= 0.3 is 0 Å². The molecule has 4 heteroatoms. The molecule has 2 rings (SSSR count). The summed E-state index contributed by atoms with van der Waals surface area (Å²) < 4.78 is 0. The molecule has 0 radical (unpaired) electrons. The van der Waals surface area contributed by atoms with E-state index in [1.165, 1.54) is 0 Å². The van der Waals surface area contributed by atoms with Gasteiger partial charge in [0.25, 0.3) is 0 Å². The second kappa shape index (κ2) is 3.03. The molecule has 1 fully saturated rings. The summed E-state index contributed by atoms with van der Waals surface area (Å²) in [5, 5.41) is 12.2. The topological polar surface area (TPSA) is 36.4 Å². The molecule has 0 spiro atoms. The highest BCUT2D eigenvalue weighted by Crippen LogP contribution is 2.24. The lowest BCUT2D eigenvalue weighted by molar-refractivity contribution is 0.142. The molecular weight excluding hydrogens is 172 g/mol. The lowest BCUT2D eigenvalue weighted by Crippen LogP contribution is -2.50. The predicted octanol–water partition coefficient (Wildman–Crippen LogP) is 0.886. The van der Waals surface area contributed by atoms with Crippen molar-refractivity contribution in [3.05, 3.63) is 11.1 Å². The molecule has 0 amide bonds. The molecule has 2 heterocycles. The molecule has 1 aliphatic rings. The minimum Gasteiger partial charge on any atom is -0.389 e. The zero-order valence-electron chi connectivity index (χ0n) is 7.03. The van der Waals surface area contributed by atoms with Crippen molar-refractivity contribution in [1.82, 2.24) is 4.98 Å². The number of aliphatic hydroxyl groups excluding tert-OH is 1. The van der Waals surface area contributed by atoms with Gasteiger partial charge in [0.1, 0.15) is 0 Å². The van der Waals surface area contributed by atoms with E-state index in [-0.39, 0.29) is 6.10 Å². The maximum atomic E-state index is 9.08. The van der Waals surface area contributed by atoms with Gasteiger partial charge in [-0.1, -0.05) is 6.92 Å². The average Bonchev–Trinajstić information content (AvgIpc) is 2.46. The molecule has 0 aliphatic carbocycles. The molecule has 3 nitrogen and oxygen atoms in total. The molecule has 12 heavy (non-hydrogen) atoms. The third-order valence-electron chi connectivity index (χ3n) is 2.03. The van der Waals surface area contributed by atoms with Crippen LogP contribution >= 0.6 is 11.3 Å². The Morgan fingerprint density at radius 3 is 3.00 bits per heavy atom. The number of β-amino-alcohol motifs (C(OH)–C–C–N with tert-alkyl or cyclic N) is 1. The Hall–Kier alpha value is -0.610. The highest BCUT2D eigenvalue weighted by molar-refractivity contribution is 7.13. The number of thiazole rings is 1. The van der Waals surface area contributed by atoms with Crippen LogP contribution < -0.4 is 4.90 Å². The van der Waals surface area contributed by atoms with Crippen LogP contribution in [0.4, 0.5) is 5.13 Å². The van der Waals surface area contributed by atoms with Gasteiger partial charge in [-0.3, -0.25) is 0 Å². The summed E-state index contributed by atoms with van der Waals surface area (Å²) in [6.45, 7) is 3.59. The number of aliphatic hydroxyl groups is 1. The number of nitrogens with zero attached hydrogens (tertiary/aromatic N) is 2. The van der Waals surface area contributed by atoms with Crippen molar-refractivity contribution in [2.75, 3.05) is 18.0 Å². The van der Waals surface area contributed by atoms with E-state index in [1.807, 2.05) is 0 Å². The molecule has 66 valence electrons. The van der Waals surface area contributed by atoms with Gasteiger partial charge in [-0.15, -0.1) is 11.3 Å². The van der Waals surface area contributed by atoms with Crippen molar-refractivity contribution >= 4 is 16.5 Å². The fraction of sp³-hybridized carbons (Fsp3) is 0.625. The summed E-state index contributed by atoms with van der Waals surface area (Å²) >= 11 is 1.66. The third kappa shape index (κ3) is 1.32. The van der Waals surface area contributed by atoms with Gasteiger partial charge in [-0.2, -0.15) is 0 Å². The molecule has 1 aromatic rings. The fourth-order valence-electron chi connectivity index (χ4n) is 1.22. The lowest BCUT2D eigenvalue weighted by atomic mass is 10.2. The van der Waals surface area contributed by atoms with Crippen molar-refractivity contribution in [3.8, 4) is 0 Å². The van der Waals surface area contributed by atoms with Crippen LogP contribution in [0.25, 0.3) is 0 Å². The van der Waals surface area contributed by atoms with Crippen LogP contribution in [0.2, 0.25) is 0 Å². The Bertz CT molecular complexity index is 268. The molecule has 0 unspecified atom stereocenters. The number of aromatic nitrogens is 1. The lowest BCUT2D eigenvalue weighted by Gasteiger charge is -2.35. The van der Waals surface area contributed by atoms with Gasteiger partial charge < -0.3 is 10.0 Å². The largest absolute Gasteiger partial charge is 0.389 e. The first-order chi connectivity index (χ1) is 5.79. The third-order valence-corrected chi connectivity index (χ3v) is 2.98. The van der Waals surface area contributed by atoms with Gasteiger partial charge in [0.15, 0.2) is 5.13 Å². The van der Waals surface area contributed by atoms with Gasteiger partial charge in [0.05, 0.1) is 11.8 Å². The van der Waals surface area contributed by atoms with E-state index >= 15 is 0 Å². The van der Waals surface area contributed by atoms with E-state index in [2.05, 4.69) is 22.2 Å². The molecular formula is C8H12N2OS. The summed E-state index contributed by atoms with van der Waals surface area (Å²) in [6.07, 6.45) is 0.853. The molecule has 1 N–H and O–H groups in total. The first-order valence-corrected chi connectivity index (χ1v) is 5.05. The number of hydrogen-bond donors (Lipinski definition) is 1. The number of hydrogen-bond acceptors (Lipinski definition) is 4. The van der Waals surface area contributed by atoms with E-state index in [9.17, 15) is 0 Å². The number of aryl methyl sites for hydroxylation is 1. The standard InChI is InChI=1S/C8H12N2OS/c1-2-6-5-12-8(9-6)10-3-7(11)4-10/h5,7,11H,2-4H2,1H3. The summed E-state index contributed by atoms with van der Waals surface area (Å²) in [5.41, 5.74) is 1.15. The Balaban J connectivity index is 2.04. The Labute approximate surface area is 75.7 Å². The first kappa shape index (κ1) is 8.01. The monoisotopic (exact) mass is 184 g/mol. The SMILES string of the molecule is CCc1csc(N2CC(O)C2)n1. The van der Waals surface area contributed by atoms with E-state index in [4.69, 9.17) is 5.11 Å². The smallest absolute Gasteiger partial charge is 0.185 e. The molecule has 0 atom stereocenters. The van der Waals surface area contributed by atoms with E-state index in [0.717, 1.165) is 30.3 Å². The molecule has 0 saturated carbocycles. The van der Waals surface area contributed by atoms with Crippen LogP contribution in [0.3, 0.4) is 0 Å². The van der Waals surface area contributed by atoms with E-state index in [0.29, 0.717) is 0 Å². The van der Waals surface area contributed by atoms with Gasteiger partial charge in [-0.25, -0.2) is 4.98 Å². The normalized spacial score (nSPS) is 18.0. The maximum absolute atomic E-state index is 9.08. The zero-order chi connectivity index (χ0) is 8.55. The minimum atomic E-state index is -0.140. The van der Waals surface area contributed by atoms with Crippen LogP contribution in [0.1, 0.15) is 12.6 Å². The molecule has 0 bridgehead atoms. The minimum absolute atomic E-state index is 0.140. The predicted molar refractivity (Wildman–Crippen MR) is 49.7 cm³/mol. The van der Waals surface area contributed by atoms with Gasteiger partial charge in [-0.05, 0) is 6.42 Å². The van der Waals surface area contributed by atoms with Crippen LogP contribution in [-0.4, -0.2) is 29.3 Å². The summed E-state index contributed by atoms with van der Waals surface area (Å²) in [6, 6.07) is 0. The molecule has 0 aromatic carbocycles. The van der Waals surface area contributed by atoms with Crippen LogP contribution in [0.15, 0.2) is 5.38 Å². The zero-order valence-corrected chi connectivity index (χ0v) is 7.84. The molecule has 1 saturated heterocycles.